The van der Waals surface area contributed by atoms with Crippen molar-refractivity contribution in [3.05, 3.63) is 20.9 Å². The van der Waals surface area contributed by atoms with Crippen LogP contribution in [0.3, 0.4) is 0 Å². The van der Waals surface area contributed by atoms with E-state index in [1.807, 2.05) is 0 Å². The van der Waals surface area contributed by atoms with Crippen LogP contribution in [0.15, 0.2) is 10.2 Å². The quantitative estimate of drug-likeness (QED) is 0.203. The molecule has 26 heavy (non-hydrogen) atoms. The number of unbranched alkanes of at least 4 members (excludes halogenated alkanes) is 2. The monoisotopic (exact) mass is 367 g/mol. The van der Waals surface area contributed by atoms with Crippen LogP contribution in [0.4, 0.5) is 0 Å². The van der Waals surface area contributed by atoms with Gasteiger partial charge in [-0.05, 0) is 37.2 Å². The third-order valence-corrected chi connectivity index (χ3v) is 3.38. The Morgan fingerprint density at radius 1 is 1.08 bits per heavy atom. The van der Waals surface area contributed by atoms with E-state index in [1.54, 1.807) is 0 Å². The Bertz CT molecular complexity index is 568. The maximum atomic E-state index is 12.4. The lowest BCUT2D eigenvalue weighted by molar-refractivity contribution is -0.138. The maximum Gasteiger partial charge on any atom is 0.245 e. The van der Waals surface area contributed by atoms with Crippen LogP contribution in [0.2, 0.25) is 0 Å². The summed E-state index contributed by atoms with van der Waals surface area (Å²) in [6.07, 6.45) is 2.69. The van der Waals surface area contributed by atoms with Crippen LogP contribution in [0, 0.1) is 0 Å². The summed E-state index contributed by atoms with van der Waals surface area (Å²) >= 11 is 0. The van der Waals surface area contributed by atoms with Gasteiger partial charge in [-0.3, -0.25) is 14.4 Å². The Labute approximate surface area is 151 Å². The molecule has 0 aliphatic carbocycles. The first-order valence-corrected chi connectivity index (χ1v) is 8.30. The minimum atomic E-state index is -0.801. The van der Waals surface area contributed by atoms with Crippen molar-refractivity contribution in [1.29, 1.82) is 0 Å². The molecule has 0 radical (unpaired) electrons. The lowest BCUT2D eigenvalue weighted by Gasteiger charge is -2.25. The smallest absolute Gasteiger partial charge is 0.245 e. The molecule has 1 atom stereocenters. The summed E-state index contributed by atoms with van der Waals surface area (Å²) in [6, 6.07) is -0.801. The molecule has 0 spiro atoms. The first-order chi connectivity index (χ1) is 12.4. The fourth-order valence-corrected chi connectivity index (χ4v) is 2.17. The van der Waals surface area contributed by atoms with Gasteiger partial charge >= 0.3 is 0 Å². The number of nitrogens with one attached hydrogen (secondary N) is 1. The summed E-state index contributed by atoms with van der Waals surface area (Å²) in [7, 11) is 0. The van der Waals surface area contributed by atoms with Gasteiger partial charge in [0.2, 0.25) is 17.7 Å². The van der Waals surface area contributed by atoms with Crippen LogP contribution in [-0.4, -0.2) is 54.8 Å². The molecule has 12 heteroatoms. The molecule has 0 aromatic carbocycles. The van der Waals surface area contributed by atoms with Gasteiger partial charge in [-0.1, -0.05) is 16.6 Å². The molecular weight excluding hydrogens is 342 g/mol. The number of amides is 3. The van der Waals surface area contributed by atoms with E-state index < -0.39 is 17.9 Å². The topological polar surface area (TPSA) is 190 Å². The zero-order chi connectivity index (χ0) is 19.8. The third-order valence-electron chi connectivity index (χ3n) is 3.38. The van der Waals surface area contributed by atoms with Crippen LogP contribution in [0.1, 0.15) is 39.0 Å². The van der Waals surface area contributed by atoms with E-state index in [2.05, 4.69) is 25.4 Å². The van der Waals surface area contributed by atoms with Crippen molar-refractivity contribution in [3.63, 3.8) is 0 Å². The molecule has 144 valence electrons. The van der Waals surface area contributed by atoms with Crippen LogP contribution >= 0.6 is 0 Å². The van der Waals surface area contributed by atoms with Crippen LogP contribution in [0.5, 0.6) is 0 Å². The van der Waals surface area contributed by atoms with Crippen LogP contribution < -0.4 is 11.1 Å². The van der Waals surface area contributed by atoms with Crippen molar-refractivity contribution in [2.45, 2.75) is 45.1 Å². The number of primary amides is 1. The predicted molar refractivity (Wildman–Crippen MR) is 94.5 cm³/mol. The SMILES string of the molecule is C[C@H](NC(=O)CCCCCN=[N+]=[N-])C(=O)N(CCCN=[N+]=[N-])CC(N)=O. The fraction of sp³-hybridized carbons (Fsp3) is 0.786. The first-order valence-electron chi connectivity index (χ1n) is 8.30. The number of carbonyl (C=O) groups excluding carboxylic acids is 3. The van der Waals surface area contributed by atoms with Crippen LogP contribution in [-0.2, 0) is 14.4 Å². The lowest BCUT2D eigenvalue weighted by Crippen LogP contribution is -2.49. The Morgan fingerprint density at radius 2 is 1.69 bits per heavy atom. The highest BCUT2D eigenvalue weighted by Gasteiger charge is 2.22. The van der Waals surface area contributed by atoms with E-state index in [1.165, 1.54) is 11.8 Å². The molecule has 3 N–H and O–H groups in total. The molecule has 0 aromatic rings. The molecule has 0 heterocycles. The summed E-state index contributed by atoms with van der Waals surface area (Å²) in [5.41, 5.74) is 21.5. The second kappa shape index (κ2) is 14.4. The molecule has 12 nitrogen and oxygen atoms in total. The Kier molecular flexibility index (Phi) is 12.7. The molecule has 0 aliphatic rings. The van der Waals surface area contributed by atoms with E-state index in [0.29, 0.717) is 25.8 Å². The minimum absolute atomic E-state index is 0.190. The van der Waals surface area contributed by atoms with Gasteiger partial charge < -0.3 is 16.0 Å². The van der Waals surface area contributed by atoms with Gasteiger partial charge in [-0.25, -0.2) is 0 Å². The average molecular weight is 367 g/mol. The van der Waals surface area contributed by atoms with Gasteiger partial charge in [0.05, 0.1) is 6.54 Å². The second-order valence-electron chi connectivity index (χ2n) is 5.59. The number of rotatable bonds is 14. The largest absolute Gasteiger partial charge is 0.368 e. The van der Waals surface area contributed by atoms with E-state index >= 15 is 0 Å². The number of hydrogen-bond acceptors (Lipinski definition) is 5. The van der Waals surface area contributed by atoms with E-state index in [4.69, 9.17) is 16.8 Å². The van der Waals surface area contributed by atoms with Gasteiger partial charge in [0, 0.05) is 35.9 Å². The van der Waals surface area contributed by atoms with Crippen molar-refractivity contribution >= 4 is 17.7 Å². The number of hydrogen-bond donors (Lipinski definition) is 2. The van der Waals surface area contributed by atoms with E-state index in [-0.39, 0.29) is 32.0 Å². The van der Waals surface area contributed by atoms with E-state index in [9.17, 15) is 14.4 Å². The first kappa shape index (κ1) is 23.0. The van der Waals surface area contributed by atoms with Crippen molar-refractivity contribution < 1.29 is 14.4 Å². The second-order valence-corrected chi connectivity index (χ2v) is 5.59. The van der Waals surface area contributed by atoms with Crippen molar-refractivity contribution in [3.8, 4) is 0 Å². The summed E-state index contributed by atoms with van der Waals surface area (Å²) < 4.78 is 0. The molecular formula is C14H25N9O3. The summed E-state index contributed by atoms with van der Waals surface area (Å²) in [4.78, 5) is 41.9. The molecule has 0 aromatic heterocycles. The van der Waals surface area contributed by atoms with Gasteiger partial charge in [0.25, 0.3) is 0 Å². The molecule has 0 bridgehead atoms. The molecule has 0 saturated carbocycles. The van der Waals surface area contributed by atoms with Crippen LogP contribution in [0.25, 0.3) is 20.9 Å². The summed E-state index contributed by atoms with van der Waals surface area (Å²) in [5.74, 6) is -1.37. The Morgan fingerprint density at radius 3 is 2.27 bits per heavy atom. The molecule has 0 saturated heterocycles. The zero-order valence-electron chi connectivity index (χ0n) is 14.9. The third kappa shape index (κ3) is 11.5. The molecule has 0 fully saturated rings. The highest BCUT2D eigenvalue weighted by molar-refractivity contribution is 5.89. The minimum Gasteiger partial charge on any atom is -0.368 e. The Balaban J connectivity index is 4.37. The van der Waals surface area contributed by atoms with Crippen molar-refractivity contribution in [2.75, 3.05) is 26.2 Å². The molecule has 0 rings (SSSR count). The molecule has 0 aliphatic heterocycles. The standard InChI is InChI=1S/C14H25N9O3/c1-11(20-13(25)6-3-2-4-7-18-21-16)14(26)23(10-12(15)24)9-5-8-19-22-17/h11H,2-10H2,1H3,(H2,15,24)(H,20,25)/t11-/m0/s1. The summed E-state index contributed by atoms with van der Waals surface area (Å²) in [6.45, 7) is 2.04. The number of carbonyl (C=O) groups is 3. The Hall–Kier alpha value is -2.97. The zero-order valence-corrected chi connectivity index (χ0v) is 14.9. The number of nitrogens with zero attached hydrogens (tertiary/aromatic N) is 7. The normalized spacial score (nSPS) is 10.8. The van der Waals surface area contributed by atoms with Gasteiger partial charge in [0.15, 0.2) is 0 Å². The van der Waals surface area contributed by atoms with E-state index in [0.717, 1.165) is 6.42 Å². The van der Waals surface area contributed by atoms with Crippen molar-refractivity contribution in [1.82, 2.24) is 10.2 Å². The highest BCUT2D eigenvalue weighted by Crippen LogP contribution is 2.02. The maximum absolute atomic E-state index is 12.4. The lowest BCUT2D eigenvalue weighted by atomic mass is 10.1. The van der Waals surface area contributed by atoms with Crippen molar-refractivity contribution in [2.24, 2.45) is 16.0 Å². The van der Waals surface area contributed by atoms with Gasteiger partial charge in [-0.2, -0.15) is 0 Å². The number of azide groups is 2. The average Bonchev–Trinajstić information content (AvgIpc) is 2.59. The highest BCUT2D eigenvalue weighted by atomic mass is 16.2. The molecule has 0 unspecified atom stereocenters. The number of nitrogens with two attached hydrogens (primary N) is 1. The van der Waals surface area contributed by atoms with Gasteiger partial charge in [0.1, 0.15) is 6.04 Å². The fourth-order valence-electron chi connectivity index (χ4n) is 2.17. The summed E-state index contributed by atoms with van der Waals surface area (Å²) in [5, 5.41) is 9.36. The molecule has 3 amide bonds. The predicted octanol–water partition coefficient (Wildman–Crippen LogP) is 1.38. The van der Waals surface area contributed by atoms with Gasteiger partial charge in [-0.15, -0.1) is 0 Å².